The zero-order valence-electron chi connectivity index (χ0n) is 17.0. The third-order valence-electron chi connectivity index (χ3n) is 5.92. The minimum Gasteiger partial charge on any atom is -0.396 e. The van der Waals surface area contributed by atoms with Gasteiger partial charge in [0.05, 0.1) is 12.2 Å². The van der Waals surface area contributed by atoms with Crippen LogP contribution in [0.25, 0.3) is 0 Å². The average molecular weight is 369 g/mol. The molecule has 26 heavy (non-hydrogen) atoms. The lowest BCUT2D eigenvalue weighted by Gasteiger charge is -2.29. The standard InChI is InChI=1S/C22H40O4/c1-4-14-22(2,3)21(26)13-10-12-18-17(19(24)16-20(18)25)11-8-6-5-7-9-15-23/h10,12,17-18,20-21,23,25-26H,4-9,11,13-16H2,1-3H3/b12-10+/t17-,18-,20-,21?/m1/s1. The first-order chi connectivity index (χ1) is 12.3. The summed E-state index contributed by atoms with van der Waals surface area (Å²) in [5, 5.41) is 29.5. The number of hydrogen-bond acceptors (Lipinski definition) is 4. The van der Waals surface area contributed by atoms with Crippen molar-refractivity contribution in [3.8, 4) is 0 Å². The van der Waals surface area contributed by atoms with Gasteiger partial charge in [-0.3, -0.25) is 4.79 Å². The molecule has 0 spiro atoms. The highest BCUT2D eigenvalue weighted by atomic mass is 16.3. The predicted octanol–water partition coefficient (Wildman–Crippen LogP) is 4.02. The molecular formula is C22H40O4. The van der Waals surface area contributed by atoms with Gasteiger partial charge in [0, 0.05) is 24.9 Å². The van der Waals surface area contributed by atoms with Gasteiger partial charge in [0.1, 0.15) is 5.78 Å². The Morgan fingerprint density at radius 3 is 2.50 bits per heavy atom. The molecule has 0 heterocycles. The van der Waals surface area contributed by atoms with Crippen LogP contribution in [0, 0.1) is 17.3 Å². The molecule has 0 aromatic rings. The Morgan fingerprint density at radius 1 is 1.19 bits per heavy atom. The number of ketones is 1. The van der Waals surface area contributed by atoms with Gasteiger partial charge in [-0.2, -0.15) is 0 Å². The van der Waals surface area contributed by atoms with Crippen molar-refractivity contribution in [1.29, 1.82) is 0 Å². The summed E-state index contributed by atoms with van der Waals surface area (Å²) in [5.74, 6) is -0.0179. The first kappa shape index (κ1) is 23.3. The van der Waals surface area contributed by atoms with Gasteiger partial charge < -0.3 is 15.3 Å². The van der Waals surface area contributed by atoms with E-state index in [-0.39, 0.29) is 36.1 Å². The third kappa shape index (κ3) is 7.50. The molecule has 4 heteroatoms. The minimum atomic E-state index is -0.584. The first-order valence-electron chi connectivity index (χ1n) is 10.5. The Morgan fingerprint density at radius 2 is 1.85 bits per heavy atom. The van der Waals surface area contributed by atoms with Crippen molar-refractivity contribution in [3.05, 3.63) is 12.2 Å². The molecule has 4 nitrogen and oxygen atoms in total. The van der Waals surface area contributed by atoms with Crippen molar-refractivity contribution in [3.63, 3.8) is 0 Å². The molecule has 0 amide bonds. The quantitative estimate of drug-likeness (QED) is 0.339. The second kappa shape index (κ2) is 11.9. The van der Waals surface area contributed by atoms with Crippen LogP contribution in [0.3, 0.4) is 0 Å². The van der Waals surface area contributed by atoms with E-state index in [1.54, 1.807) is 0 Å². The molecule has 0 aromatic heterocycles. The molecule has 152 valence electrons. The number of Topliss-reactive ketones (excluding diaryl/α,β-unsaturated/α-hetero) is 1. The normalized spacial score (nSPS) is 25.3. The topological polar surface area (TPSA) is 77.8 Å². The van der Waals surface area contributed by atoms with Gasteiger partial charge in [-0.25, -0.2) is 0 Å². The van der Waals surface area contributed by atoms with E-state index in [4.69, 9.17) is 5.11 Å². The zero-order chi connectivity index (χ0) is 19.6. The minimum absolute atomic E-state index is 0.0834. The van der Waals surface area contributed by atoms with E-state index in [2.05, 4.69) is 20.8 Å². The molecule has 1 saturated carbocycles. The molecular weight excluding hydrogens is 328 g/mol. The molecule has 0 bridgehead atoms. The Kier molecular flexibility index (Phi) is 10.7. The second-order valence-electron chi connectivity index (χ2n) is 8.62. The van der Waals surface area contributed by atoms with E-state index in [0.717, 1.165) is 51.4 Å². The lowest BCUT2D eigenvalue weighted by Crippen LogP contribution is -2.28. The molecule has 0 radical (unpaired) electrons. The van der Waals surface area contributed by atoms with Crippen molar-refractivity contribution in [1.82, 2.24) is 0 Å². The molecule has 0 aliphatic heterocycles. The molecule has 0 aromatic carbocycles. The second-order valence-corrected chi connectivity index (χ2v) is 8.62. The molecule has 3 N–H and O–H groups in total. The van der Waals surface area contributed by atoms with Crippen LogP contribution in [-0.4, -0.2) is 39.9 Å². The first-order valence-corrected chi connectivity index (χ1v) is 10.5. The average Bonchev–Trinajstić information content (AvgIpc) is 2.84. The number of carbonyl (C=O) groups excluding carboxylic acids is 1. The van der Waals surface area contributed by atoms with Crippen LogP contribution < -0.4 is 0 Å². The third-order valence-corrected chi connectivity index (χ3v) is 5.92. The van der Waals surface area contributed by atoms with E-state index >= 15 is 0 Å². The van der Waals surface area contributed by atoms with Crippen LogP contribution in [0.1, 0.15) is 85.0 Å². The monoisotopic (exact) mass is 368 g/mol. The molecule has 4 atom stereocenters. The largest absolute Gasteiger partial charge is 0.396 e. The number of hydrogen-bond donors (Lipinski definition) is 3. The van der Waals surface area contributed by atoms with Gasteiger partial charge in [0.15, 0.2) is 0 Å². The van der Waals surface area contributed by atoms with Crippen molar-refractivity contribution in [2.24, 2.45) is 17.3 Å². The highest BCUT2D eigenvalue weighted by Gasteiger charge is 2.39. The molecule has 0 saturated heterocycles. The summed E-state index contributed by atoms with van der Waals surface area (Å²) in [6, 6.07) is 0. The lowest BCUT2D eigenvalue weighted by atomic mass is 9.80. The Labute approximate surface area is 159 Å². The smallest absolute Gasteiger partial charge is 0.139 e. The number of aliphatic hydroxyl groups excluding tert-OH is 3. The van der Waals surface area contributed by atoms with E-state index < -0.39 is 12.2 Å². The fourth-order valence-corrected chi connectivity index (χ4v) is 4.09. The summed E-state index contributed by atoms with van der Waals surface area (Å²) in [7, 11) is 0. The van der Waals surface area contributed by atoms with Gasteiger partial charge in [0.2, 0.25) is 0 Å². The predicted molar refractivity (Wildman–Crippen MR) is 106 cm³/mol. The van der Waals surface area contributed by atoms with Gasteiger partial charge in [-0.15, -0.1) is 0 Å². The molecule has 1 fully saturated rings. The summed E-state index contributed by atoms with van der Waals surface area (Å²) in [5.41, 5.74) is -0.114. The van der Waals surface area contributed by atoms with E-state index in [1.165, 1.54) is 0 Å². The summed E-state index contributed by atoms with van der Waals surface area (Å²) in [6.45, 7) is 6.55. The van der Waals surface area contributed by atoms with E-state index in [9.17, 15) is 15.0 Å². The molecule has 1 aliphatic carbocycles. The zero-order valence-corrected chi connectivity index (χ0v) is 17.0. The van der Waals surface area contributed by atoms with E-state index in [0.29, 0.717) is 6.42 Å². The Balaban J connectivity index is 2.49. The lowest BCUT2D eigenvalue weighted by molar-refractivity contribution is -0.121. The summed E-state index contributed by atoms with van der Waals surface area (Å²) >= 11 is 0. The molecule has 1 rings (SSSR count). The fourth-order valence-electron chi connectivity index (χ4n) is 4.09. The number of unbranched alkanes of at least 4 members (excludes halogenated alkanes) is 4. The Bertz CT molecular complexity index is 430. The number of aliphatic hydroxyl groups is 3. The molecule has 1 aliphatic rings. The maximum Gasteiger partial charge on any atom is 0.139 e. The van der Waals surface area contributed by atoms with Crippen molar-refractivity contribution < 1.29 is 20.1 Å². The van der Waals surface area contributed by atoms with Crippen molar-refractivity contribution in [2.45, 2.75) is 97.2 Å². The van der Waals surface area contributed by atoms with Gasteiger partial charge in [0.25, 0.3) is 0 Å². The summed E-state index contributed by atoms with van der Waals surface area (Å²) in [6.07, 6.45) is 11.6. The molecule has 1 unspecified atom stereocenters. The van der Waals surface area contributed by atoms with Gasteiger partial charge in [-0.1, -0.05) is 65.0 Å². The maximum absolute atomic E-state index is 12.2. The van der Waals surface area contributed by atoms with Gasteiger partial charge >= 0.3 is 0 Å². The van der Waals surface area contributed by atoms with Crippen molar-refractivity contribution in [2.75, 3.05) is 6.61 Å². The summed E-state index contributed by atoms with van der Waals surface area (Å²) in [4.78, 5) is 12.2. The van der Waals surface area contributed by atoms with Crippen LogP contribution in [0.4, 0.5) is 0 Å². The SMILES string of the molecule is CCCC(C)(C)C(O)C/C=C/[C@H]1[C@H](O)CC(=O)[C@@H]1CCCCCCCO. The summed E-state index contributed by atoms with van der Waals surface area (Å²) < 4.78 is 0. The van der Waals surface area contributed by atoms with Crippen LogP contribution in [0.5, 0.6) is 0 Å². The van der Waals surface area contributed by atoms with Crippen molar-refractivity contribution >= 4 is 5.78 Å². The Hall–Kier alpha value is -0.710. The van der Waals surface area contributed by atoms with Crippen LogP contribution in [-0.2, 0) is 4.79 Å². The van der Waals surface area contributed by atoms with Crippen LogP contribution in [0.15, 0.2) is 12.2 Å². The van der Waals surface area contributed by atoms with Gasteiger partial charge in [-0.05, 0) is 31.1 Å². The highest BCUT2D eigenvalue weighted by molar-refractivity contribution is 5.84. The fraction of sp³-hybridized carbons (Fsp3) is 0.864. The van der Waals surface area contributed by atoms with E-state index in [1.807, 2.05) is 12.2 Å². The number of rotatable bonds is 13. The maximum atomic E-state index is 12.2. The number of carbonyl (C=O) groups is 1. The van der Waals surface area contributed by atoms with Crippen LogP contribution in [0.2, 0.25) is 0 Å². The highest BCUT2D eigenvalue weighted by Crippen LogP contribution is 2.35. The van der Waals surface area contributed by atoms with Crippen LogP contribution >= 0.6 is 0 Å².